The fraction of sp³-hybridized carbons (Fsp3) is 0.308. The van der Waals surface area contributed by atoms with Gasteiger partial charge in [-0.05, 0) is 43.5 Å². The minimum atomic E-state index is 0.643. The van der Waals surface area contributed by atoms with Gasteiger partial charge in [-0.1, -0.05) is 6.07 Å². The molecule has 1 N–H and O–H groups in total. The Hall–Kier alpha value is -1.22. The van der Waals surface area contributed by atoms with Crippen molar-refractivity contribution >= 4 is 12.6 Å². The maximum absolute atomic E-state index is 4.27. The van der Waals surface area contributed by atoms with Gasteiger partial charge in [0.25, 0.3) is 0 Å². The molecule has 2 rings (SSSR count). The van der Waals surface area contributed by atoms with Crippen LogP contribution in [0.3, 0.4) is 0 Å². The van der Waals surface area contributed by atoms with Gasteiger partial charge in [0.15, 0.2) is 0 Å². The highest BCUT2D eigenvalue weighted by Gasteiger charge is 2.07. The van der Waals surface area contributed by atoms with E-state index < -0.39 is 0 Å². The standard InChI is InChI=1S/C13H16N2S/c1-8-4-10(3)11(5-9(8)2)12-6-14-13(7-16)15-12/h4-6,16H,7H2,1-3H3,(H,14,15). The average Bonchev–Trinajstić information content (AvgIpc) is 2.71. The smallest absolute Gasteiger partial charge is 0.116 e. The van der Waals surface area contributed by atoms with Gasteiger partial charge in [0.2, 0.25) is 0 Å². The molecule has 0 saturated carbocycles. The molecular formula is C13H16N2S. The Kier molecular flexibility index (Phi) is 3.06. The molecule has 1 aromatic carbocycles. The van der Waals surface area contributed by atoms with Crippen LogP contribution in [-0.2, 0) is 5.75 Å². The van der Waals surface area contributed by atoms with Crippen LogP contribution in [0, 0.1) is 20.8 Å². The van der Waals surface area contributed by atoms with Gasteiger partial charge < -0.3 is 4.98 Å². The Bertz CT molecular complexity index is 515. The zero-order valence-electron chi connectivity index (χ0n) is 9.83. The third kappa shape index (κ3) is 2.00. The summed E-state index contributed by atoms with van der Waals surface area (Å²) in [7, 11) is 0. The van der Waals surface area contributed by atoms with Crippen molar-refractivity contribution in [2.45, 2.75) is 26.5 Å². The summed E-state index contributed by atoms with van der Waals surface area (Å²) in [5, 5.41) is 0. The number of hydrogen-bond donors (Lipinski definition) is 2. The van der Waals surface area contributed by atoms with Crippen molar-refractivity contribution in [2.75, 3.05) is 0 Å². The molecule has 84 valence electrons. The molecule has 0 fully saturated rings. The van der Waals surface area contributed by atoms with Crippen LogP contribution in [0.25, 0.3) is 11.3 Å². The van der Waals surface area contributed by atoms with Crippen LogP contribution in [0.1, 0.15) is 22.5 Å². The van der Waals surface area contributed by atoms with E-state index in [0.29, 0.717) is 5.75 Å². The molecule has 0 aliphatic carbocycles. The zero-order valence-corrected chi connectivity index (χ0v) is 10.7. The zero-order chi connectivity index (χ0) is 11.7. The third-order valence-corrected chi connectivity index (χ3v) is 3.21. The van der Waals surface area contributed by atoms with Crippen molar-refractivity contribution in [2.24, 2.45) is 0 Å². The summed E-state index contributed by atoms with van der Waals surface area (Å²) in [4.78, 5) is 7.55. The third-order valence-electron chi connectivity index (χ3n) is 2.91. The second-order valence-electron chi connectivity index (χ2n) is 4.15. The average molecular weight is 232 g/mol. The highest BCUT2D eigenvalue weighted by molar-refractivity contribution is 7.79. The molecule has 0 radical (unpaired) electrons. The van der Waals surface area contributed by atoms with Crippen molar-refractivity contribution in [3.05, 3.63) is 40.8 Å². The van der Waals surface area contributed by atoms with Crippen molar-refractivity contribution in [1.29, 1.82) is 0 Å². The van der Waals surface area contributed by atoms with Gasteiger partial charge in [-0.25, -0.2) is 4.98 Å². The Balaban J connectivity index is 2.51. The molecule has 16 heavy (non-hydrogen) atoms. The van der Waals surface area contributed by atoms with Crippen molar-refractivity contribution < 1.29 is 0 Å². The SMILES string of the molecule is Cc1cc(C)c(-c2cnc(CS)[nH]2)cc1C. The Labute approximate surface area is 102 Å². The summed E-state index contributed by atoms with van der Waals surface area (Å²) in [6.07, 6.45) is 1.88. The minimum absolute atomic E-state index is 0.643. The Morgan fingerprint density at radius 3 is 2.44 bits per heavy atom. The van der Waals surface area contributed by atoms with Crippen LogP contribution >= 0.6 is 12.6 Å². The first-order valence-electron chi connectivity index (χ1n) is 5.34. The highest BCUT2D eigenvalue weighted by atomic mass is 32.1. The fourth-order valence-corrected chi connectivity index (χ4v) is 1.99. The molecule has 0 aliphatic rings. The lowest BCUT2D eigenvalue weighted by Gasteiger charge is -2.07. The normalized spacial score (nSPS) is 10.8. The number of H-pyrrole nitrogens is 1. The van der Waals surface area contributed by atoms with E-state index in [1.54, 1.807) is 0 Å². The molecule has 0 bridgehead atoms. The number of aromatic nitrogens is 2. The monoisotopic (exact) mass is 232 g/mol. The Morgan fingerprint density at radius 2 is 1.81 bits per heavy atom. The van der Waals surface area contributed by atoms with Crippen LogP contribution in [0.4, 0.5) is 0 Å². The highest BCUT2D eigenvalue weighted by Crippen LogP contribution is 2.25. The summed E-state index contributed by atoms with van der Waals surface area (Å²) >= 11 is 4.20. The van der Waals surface area contributed by atoms with Crippen molar-refractivity contribution in [1.82, 2.24) is 9.97 Å². The molecule has 1 aromatic heterocycles. The number of aromatic amines is 1. The number of aryl methyl sites for hydroxylation is 3. The first-order chi connectivity index (χ1) is 7.61. The number of thiol groups is 1. The quantitative estimate of drug-likeness (QED) is 0.763. The topological polar surface area (TPSA) is 28.7 Å². The van der Waals surface area contributed by atoms with Gasteiger partial charge in [0, 0.05) is 11.3 Å². The van der Waals surface area contributed by atoms with Gasteiger partial charge in [-0.2, -0.15) is 12.6 Å². The molecule has 0 spiro atoms. The van der Waals surface area contributed by atoms with E-state index in [1.165, 1.54) is 22.3 Å². The van der Waals surface area contributed by atoms with E-state index in [9.17, 15) is 0 Å². The molecule has 2 aromatic rings. The van der Waals surface area contributed by atoms with E-state index in [2.05, 4.69) is 55.5 Å². The van der Waals surface area contributed by atoms with Gasteiger partial charge in [0.05, 0.1) is 11.9 Å². The molecule has 0 aliphatic heterocycles. The first kappa shape index (κ1) is 11.3. The summed E-state index contributed by atoms with van der Waals surface area (Å²) < 4.78 is 0. The number of hydrogen-bond acceptors (Lipinski definition) is 2. The maximum atomic E-state index is 4.27. The molecule has 0 unspecified atom stereocenters. The lowest BCUT2D eigenvalue weighted by Crippen LogP contribution is -1.89. The van der Waals surface area contributed by atoms with E-state index in [1.807, 2.05) is 6.20 Å². The molecule has 3 heteroatoms. The van der Waals surface area contributed by atoms with Gasteiger partial charge in [-0.15, -0.1) is 0 Å². The van der Waals surface area contributed by atoms with Crippen molar-refractivity contribution in [3.8, 4) is 11.3 Å². The number of imidazole rings is 1. The summed E-state index contributed by atoms with van der Waals surface area (Å²) in [6.45, 7) is 6.40. The second-order valence-corrected chi connectivity index (χ2v) is 4.47. The van der Waals surface area contributed by atoms with Crippen LogP contribution in [-0.4, -0.2) is 9.97 Å². The number of rotatable bonds is 2. The summed E-state index contributed by atoms with van der Waals surface area (Å²) in [5.41, 5.74) is 6.21. The fourth-order valence-electron chi connectivity index (χ4n) is 1.83. The Morgan fingerprint density at radius 1 is 1.12 bits per heavy atom. The molecule has 0 atom stereocenters. The number of nitrogens with zero attached hydrogens (tertiary/aromatic N) is 1. The summed E-state index contributed by atoms with van der Waals surface area (Å²) in [5.74, 6) is 1.56. The van der Waals surface area contributed by atoms with Crippen LogP contribution < -0.4 is 0 Å². The van der Waals surface area contributed by atoms with Crippen LogP contribution in [0.15, 0.2) is 18.3 Å². The lowest BCUT2D eigenvalue weighted by atomic mass is 9.99. The predicted molar refractivity (Wildman–Crippen MR) is 70.9 cm³/mol. The van der Waals surface area contributed by atoms with E-state index >= 15 is 0 Å². The predicted octanol–water partition coefficient (Wildman–Crippen LogP) is 3.43. The summed E-state index contributed by atoms with van der Waals surface area (Å²) in [6, 6.07) is 4.42. The largest absolute Gasteiger partial charge is 0.341 e. The molecule has 2 nitrogen and oxygen atoms in total. The van der Waals surface area contributed by atoms with E-state index in [-0.39, 0.29) is 0 Å². The maximum Gasteiger partial charge on any atom is 0.116 e. The van der Waals surface area contributed by atoms with E-state index in [4.69, 9.17) is 0 Å². The second kappa shape index (κ2) is 4.34. The van der Waals surface area contributed by atoms with Gasteiger partial charge in [0.1, 0.15) is 5.82 Å². The number of benzene rings is 1. The van der Waals surface area contributed by atoms with Gasteiger partial charge in [-0.3, -0.25) is 0 Å². The minimum Gasteiger partial charge on any atom is -0.341 e. The lowest BCUT2D eigenvalue weighted by molar-refractivity contribution is 1.13. The van der Waals surface area contributed by atoms with Crippen LogP contribution in [0.5, 0.6) is 0 Å². The van der Waals surface area contributed by atoms with Crippen molar-refractivity contribution in [3.63, 3.8) is 0 Å². The molecular weight excluding hydrogens is 216 g/mol. The molecule has 1 heterocycles. The van der Waals surface area contributed by atoms with Crippen LogP contribution in [0.2, 0.25) is 0 Å². The van der Waals surface area contributed by atoms with E-state index in [0.717, 1.165) is 11.5 Å². The molecule has 0 amide bonds. The molecule has 0 saturated heterocycles. The first-order valence-corrected chi connectivity index (χ1v) is 5.98. The van der Waals surface area contributed by atoms with Gasteiger partial charge >= 0.3 is 0 Å². The number of nitrogens with one attached hydrogen (secondary N) is 1.